The lowest BCUT2D eigenvalue weighted by atomic mass is 10.1. The van der Waals surface area contributed by atoms with Crippen molar-refractivity contribution in [2.24, 2.45) is 0 Å². The van der Waals surface area contributed by atoms with E-state index >= 15 is 0 Å². The highest BCUT2D eigenvalue weighted by Crippen LogP contribution is 2.22. The molecule has 0 fully saturated rings. The van der Waals surface area contributed by atoms with Crippen LogP contribution < -0.4 is 4.90 Å². The molecular formula is C14H11NO6. The number of carbonyl (C=O) groups is 3. The van der Waals surface area contributed by atoms with Gasteiger partial charge in [0, 0.05) is 11.9 Å². The fourth-order valence-corrected chi connectivity index (χ4v) is 1.88. The van der Waals surface area contributed by atoms with Crippen LogP contribution in [0.4, 0.5) is 5.69 Å². The van der Waals surface area contributed by atoms with Crippen LogP contribution in [-0.4, -0.2) is 39.8 Å². The highest BCUT2D eigenvalue weighted by Gasteiger charge is 2.21. The Balaban J connectivity index is 2.35. The standard InChI is InChI=1S/C14H11NO6/c16-12(17)8-1-3-11(4-2-8)15-6-9(13(18)19)5-10(7-15)14(20)21/h1-6H,7H2,(H,16,17)(H,18,19)(H,20,21). The van der Waals surface area contributed by atoms with Crippen LogP contribution in [0.3, 0.4) is 0 Å². The Kier molecular flexibility index (Phi) is 3.75. The van der Waals surface area contributed by atoms with E-state index in [2.05, 4.69) is 0 Å². The molecule has 3 N–H and O–H groups in total. The normalized spacial score (nSPS) is 14.2. The first kappa shape index (κ1) is 14.3. The van der Waals surface area contributed by atoms with Crippen molar-refractivity contribution < 1.29 is 29.7 Å². The molecule has 0 saturated carbocycles. The Labute approximate surface area is 119 Å². The van der Waals surface area contributed by atoms with Gasteiger partial charge < -0.3 is 20.2 Å². The first-order chi connectivity index (χ1) is 9.88. The molecule has 108 valence electrons. The van der Waals surface area contributed by atoms with Gasteiger partial charge in [-0.1, -0.05) is 0 Å². The van der Waals surface area contributed by atoms with Gasteiger partial charge in [-0.3, -0.25) is 0 Å². The second-order valence-corrected chi connectivity index (χ2v) is 4.34. The van der Waals surface area contributed by atoms with E-state index in [1.165, 1.54) is 35.4 Å². The van der Waals surface area contributed by atoms with Gasteiger partial charge in [-0.25, -0.2) is 14.4 Å². The number of benzene rings is 1. The molecule has 2 rings (SSSR count). The number of hydrogen-bond acceptors (Lipinski definition) is 4. The lowest BCUT2D eigenvalue weighted by molar-refractivity contribution is -0.132. The Morgan fingerprint density at radius 2 is 1.52 bits per heavy atom. The summed E-state index contributed by atoms with van der Waals surface area (Å²) in [7, 11) is 0. The van der Waals surface area contributed by atoms with E-state index in [-0.39, 0.29) is 23.3 Å². The molecule has 0 bridgehead atoms. The fourth-order valence-electron chi connectivity index (χ4n) is 1.88. The zero-order chi connectivity index (χ0) is 15.6. The summed E-state index contributed by atoms with van der Waals surface area (Å²) in [5, 5.41) is 26.9. The summed E-state index contributed by atoms with van der Waals surface area (Å²) in [5.41, 5.74) is 0.385. The van der Waals surface area contributed by atoms with Crippen LogP contribution in [0.2, 0.25) is 0 Å². The predicted molar refractivity (Wildman–Crippen MR) is 72.2 cm³/mol. The van der Waals surface area contributed by atoms with Crippen molar-refractivity contribution in [2.75, 3.05) is 11.4 Å². The van der Waals surface area contributed by atoms with Gasteiger partial charge >= 0.3 is 17.9 Å². The number of carboxylic acids is 3. The first-order valence-corrected chi connectivity index (χ1v) is 5.87. The molecule has 1 heterocycles. The molecule has 0 atom stereocenters. The van der Waals surface area contributed by atoms with Gasteiger partial charge in [0.1, 0.15) is 0 Å². The minimum Gasteiger partial charge on any atom is -0.478 e. The smallest absolute Gasteiger partial charge is 0.337 e. The molecular weight excluding hydrogens is 278 g/mol. The zero-order valence-corrected chi connectivity index (χ0v) is 10.7. The van der Waals surface area contributed by atoms with E-state index in [4.69, 9.17) is 15.3 Å². The fraction of sp³-hybridized carbons (Fsp3) is 0.0714. The van der Waals surface area contributed by atoms with Gasteiger partial charge in [0.05, 0.1) is 23.3 Å². The number of aromatic carboxylic acids is 1. The minimum absolute atomic E-state index is 0.00146. The third kappa shape index (κ3) is 3.08. The molecule has 0 amide bonds. The van der Waals surface area contributed by atoms with E-state index in [0.29, 0.717) is 5.69 Å². The highest BCUT2D eigenvalue weighted by molar-refractivity contribution is 5.97. The van der Waals surface area contributed by atoms with Crippen molar-refractivity contribution in [3.05, 3.63) is 53.3 Å². The van der Waals surface area contributed by atoms with Crippen LogP contribution in [0.25, 0.3) is 0 Å². The molecule has 0 spiro atoms. The van der Waals surface area contributed by atoms with Crippen LogP contribution >= 0.6 is 0 Å². The van der Waals surface area contributed by atoms with Gasteiger partial charge in [-0.2, -0.15) is 0 Å². The molecule has 1 aromatic carbocycles. The lowest BCUT2D eigenvalue weighted by Gasteiger charge is -2.25. The van der Waals surface area contributed by atoms with Crippen molar-refractivity contribution in [1.29, 1.82) is 0 Å². The summed E-state index contributed by atoms with van der Waals surface area (Å²) >= 11 is 0. The summed E-state index contributed by atoms with van der Waals surface area (Å²) in [6, 6.07) is 5.71. The van der Waals surface area contributed by atoms with Crippen molar-refractivity contribution in [3.8, 4) is 0 Å². The number of hydrogen-bond donors (Lipinski definition) is 3. The quantitative estimate of drug-likeness (QED) is 0.762. The SMILES string of the molecule is O=C(O)C1=CN(c2ccc(C(=O)O)cc2)CC(C(=O)O)=C1. The Morgan fingerprint density at radius 3 is 2.00 bits per heavy atom. The third-order valence-corrected chi connectivity index (χ3v) is 2.93. The van der Waals surface area contributed by atoms with Crippen molar-refractivity contribution in [2.45, 2.75) is 0 Å². The average molecular weight is 289 g/mol. The largest absolute Gasteiger partial charge is 0.478 e. The second-order valence-electron chi connectivity index (χ2n) is 4.34. The molecule has 7 nitrogen and oxygen atoms in total. The topological polar surface area (TPSA) is 115 Å². The molecule has 1 aromatic rings. The molecule has 1 aliphatic rings. The van der Waals surface area contributed by atoms with E-state index in [9.17, 15) is 14.4 Å². The van der Waals surface area contributed by atoms with Gasteiger partial charge in [-0.05, 0) is 30.3 Å². The van der Waals surface area contributed by atoms with Crippen LogP contribution in [0.5, 0.6) is 0 Å². The van der Waals surface area contributed by atoms with Crippen LogP contribution in [-0.2, 0) is 9.59 Å². The summed E-state index contributed by atoms with van der Waals surface area (Å²) in [4.78, 5) is 34.3. The van der Waals surface area contributed by atoms with E-state index < -0.39 is 17.9 Å². The minimum atomic E-state index is -1.24. The number of rotatable bonds is 4. The van der Waals surface area contributed by atoms with Crippen LogP contribution in [0, 0.1) is 0 Å². The lowest BCUT2D eigenvalue weighted by Crippen LogP contribution is -2.27. The maximum atomic E-state index is 11.0. The van der Waals surface area contributed by atoms with Crippen LogP contribution in [0.1, 0.15) is 10.4 Å². The maximum Gasteiger partial charge on any atom is 0.337 e. The van der Waals surface area contributed by atoms with Gasteiger partial charge in [-0.15, -0.1) is 0 Å². The summed E-state index contributed by atoms with van der Waals surface area (Å²) < 4.78 is 0. The summed E-state index contributed by atoms with van der Waals surface area (Å²) in [5.74, 6) is -3.51. The summed E-state index contributed by atoms with van der Waals surface area (Å²) in [6.45, 7) is -0.00146. The Bertz CT molecular complexity index is 671. The van der Waals surface area contributed by atoms with E-state index in [1.54, 1.807) is 0 Å². The Morgan fingerprint density at radius 1 is 0.905 bits per heavy atom. The number of carboxylic acid groups (broad SMARTS) is 3. The monoisotopic (exact) mass is 289 g/mol. The third-order valence-electron chi connectivity index (χ3n) is 2.93. The molecule has 0 saturated heterocycles. The second kappa shape index (κ2) is 5.49. The molecule has 0 unspecified atom stereocenters. The number of anilines is 1. The van der Waals surface area contributed by atoms with Gasteiger partial charge in [0.15, 0.2) is 0 Å². The van der Waals surface area contributed by atoms with Crippen molar-refractivity contribution in [1.82, 2.24) is 0 Å². The predicted octanol–water partition coefficient (Wildman–Crippen LogP) is 1.18. The molecule has 0 aliphatic carbocycles. The average Bonchev–Trinajstić information content (AvgIpc) is 2.46. The number of aliphatic carboxylic acids is 2. The Hall–Kier alpha value is -3.09. The first-order valence-electron chi connectivity index (χ1n) is 5.87. The number of nitrogens with zero attached hydrogens (tertiary/aromatic N) is 1. The van der Waals surface area contributed by atoms with E-state index in [1.807, 2.05) is 0 Å². The van der Waals surface area contributed by atoms with Crippen LogP contribution in [0.15, 0.2) is 47.7 Å². The molecule has 0 radical (unpaired) electrons. The summed E-state index contributed by atoms with van der Waals surface area (Å²) in [6.07, 6.45) is 2.41. The highest BCUT2D eigenvalue weighted by atomic mass is 16.4. The van der Waals surface area contributed by atoms with Gasteiger partial charge in [0.25, 0.3) is 0 Å². The zero-order valence-electron chi connectivity index (χ0n) is 10.7. The van der Waals surface area contributed by atoms with Gasteiger partial charge in [0.2, 0.25) is 0 Å². The maximum absolute atomic E-state index is 11.0. The molecule has 1 aliphatic heterocycles. The molecule has 21 heavy (non-hydrogen) atoms. The van der Waals surface area contributed by atoms with Crippen molar-refractivity contribution >= 4 is 23.6 Å². The van der Waals surface area contributed by atoms with E-state index in [0.717, 1.165) is 6.08 Å². The van der Waals surface area contributed by atoms with Crippen molar-refractivity contribution in [3.63, 3.8) is 0 Å². The molecule has 7 heteroatoms. The molecule has 0 aromatic heterocycles.